The summed E-state index contributed by atoms with van der Waals surface area (Å²) < 4.78 is 5.49. The first-order chi connectivity index (χ1) is 42.5. The molecule has 0 saturated carbocycles. The van der Waals surface area contributed by atoms with Gasteiger partial charge in [-0.2, -0.15) is 0 Å². The van der Waals surface area contributed by atoms with Gasteiger partial charge >= 0.3 is 5.97 Å². The zero-order chi connectivity index (χ0) is 62.0. The van der Waals surface area contributed by atoms with Crippen LogP contribution in [0.5, 0.6) is 0 Å². The average Bonchev–Trinajstić information content (AvgIpc) is 3.54. The smallest absolute Gasteiger partial charge is 0.305 e. The normalized spacial score (nSPS) is 12.7. The van der Waals surface area contributed by atoms with E-state index in [0.717, 1.165) is 51.4 Å². The molecule has 0 heterocycles. The van der Waals surface area contributed by atoms with Crippen molar-refractivity contribution < 1.29 is 24.5 Å². The third kappa shape index (κ3) is 71.2. The Kier molecular flexibility index (Phi) is 73.9. The lowest BCUT2D eigenvalue weighted by atomic mass is 10.0. The fourth-order valence-electron chi connectivity index (χ4n) is 12.4. The highest BCUT2D eigenvalue weighted by atomic mass is 16.5. The highest BCUT2D eigenvalue weighted by Crippen LogP contribution is 2.19. The second-order valence-corrected chi connectivity index (χ2v) is 27.0. The van der Waals surface area contributed by atoms with Crippen molar-refractivity contribution >= 4 is 11.9 Å². The number of esters is 1. The summed E-state index contributed by atoms with van der Waals surface area (Å²) in [4.78, 5) is 24.6. The molecule has 1 amide bonds. The van der Waals surface area contributed by atoms with E-state index in [0.29, 0.717) is 25.9 Å². The molecule has 0 spiro atoms. The van der Waals surface area contributed by atoms with Crippen molar-refractivity contribution in [2.45, 2.75) is 450 Å². The van der Waals surface area contributed by atoms with Crippen molar-refractivity contribution in [3.63, 3.8) is 0 Å². The van der Waals surface area contributed by atoms with E-state index >= 15 is 0 Å². The molecule has 86 heavy (non-hydrogen) atoms. The molecule has 6 nitrogen and oxygen atoms in total. The zero-order valence-corrected chi connectivity index (χ0v) is 58.3. The number of rotatable bonds is 74. The lowest BCUT2D eigenvalue weighted by Crippen LogP contribution is -2.45. The van der Waals surface area contributed by atoms with Gasteiger partial charge in [0.25, 0.3) is 0 Å². The Morgan fingerprint density at radius 1 is 0.326 bits per heavy atom. The molecule has 2 unspecified atom stereocenters. The molecule has 0 aliphatic heterocycles. The van der Waals surface area contributed by atoms with Crippen molar-refractivity contribution in [3.8, 4) is 0 Å². The topological polar surface area (TPSA) is 95.9 Å². The number of hydrogen-bond acceptors (Lipinski definition) is 5. The molecule has 0 saturated heterocycles. The summed E-state index contributed by atoms with van der Waals surface area (Å²) in [6.07, 6.45) is 98.0. The number of unbranched alkanes of at least 4 members (excludes halogenated alkanes) is 57. The van der Waals surface area contributed by atoms with Crippen LogP contribution in [0.25, 0.3) is 0 Å². The van der Waals surface area contributed by atoms with Crippen LogP contribution >= 0.6 is 0 Å². The van der Waals surface area contributed by atoms with Gasteiger partial charge in [-0.3, -0.25) is 9.59 Å². The fraction of sp³-hybridized carbons (Fsp3) is 0.900. The zero-order valence-electron chi connectivity index (χ0n) is 58.3. The number of aliphatic hydroxyl groups excluding tert-OH is 2. The highest BCUT2D eigenvalue weighted by Gasteiger charge is 2.20. The summed E-state index contributed by atoms with van der Waals surface area (Å²) in [6, 6.07) is -0.543. The van der Waals surface area contributed by atoms with Crippen LogP contribution in [0.3, 0.4) is 0 Å². The maximum atomic E-state index is 12.6. The summed E-state index contributed by atoms with van der Waals surface area (Å²) in [5, 5.41) is 23.5. The van der Waals surface area contributed by atoms with Crippen LogP contribution in [0.1, 0.15) is 438 Å². The van der Waals surface area contributed by atoms with E-state index in [1.54, 1.807) is 0 Å². The number of nitrogens with one attached hydrogen (secondary N) is 1. The molecule has 2 atom stereocenters. The van der Waals surface area contributed by atoms with Gasteiger partial charge in [-0.1, -0.05) is 378 Å². The minimum Gasteiger partial charge on any atom is -0.466 e. The molecule has 0 rings (SSSR count). The Morgan fingerprint density at radius 2 is 0.581 bits per heavy atom. The number of hydrogen-bond donors (Lipinski definition) is 3. The fourth-order valence-corrected chi connectivity index (χ4v) is 12.4. The molecule has 0 aliphatic rings. The van der Waals surface area contributed by atoms with Crippen LogP contribution in [-0.2, 0) is 14.3 Å². The minimum atomic E-state index is -0.666. The molecule has 6 heteroatoms. The second kappa shape index (κ2) is 75.5. The van der Waals surface area contributed by atoms with E-state index in [-0.39, 0.29) is 18.5 Å². The van der Waals surface area contributed by atoms with Gasteiger partial charge in [-0.05, 0) is 83.5 Å². The average molecular weight is 1210 g/mol. The van der Waals surface area contributed by atoms with Crippen LogP contribution < -0.4 is 5.32 Å². The van der Waals surface area contributed by atoms with Gasteiger partial charge in [0.15, 0.2) is 0 Å². The summed E-state index contributed by atoms with van der Waals surface area (Å²) in [6.45, 7) is 4.99. The Bertz CT molecular complexity index is 1390. The van der Waals surface area contributed by atoms with Gasteiger partial charge in [0.2, 0.25) is 5.91 Å². The van der Waals surface area contributed by atoms with Crippen LogP contribution in [-0.4, -0.2) is 47.4 Å². The van der Waals surface area contributed by atoms with Crippen LogP contribution in [0.4, 0.5) is 0 Å². The largest absolute Gasteiger partial charge is 0.466 e. The lowest BCUT2D eigenvalue weighted by molar-refractivity contribution is -0.143. The number of aliphatic hydroxyl groups is 2. The molecular weight excluding hydrogens is 1050 g/mol. The van der Waals surface area contributed by atoms with Gasteiger partial charge in [-0.15, -0.1) is 0 Å². The maximum absolute atomic E-state index is 12.6. The predicted octanol–water partition coefficient (Wildman–Crippen LogP) is 25.8. The first-order valence-corrected chi connectivity index (χ1v) is 39.2. The molecule has 3 N–H and O–H groups in total. The Balaban J connectivity index is 3.39. The number of ether oxygens (including phenoxy) is 1. The van der Waals surface area contributed by atoms with Crippen molar-refractivity contribution in [1.82, 2.24) is 5.32 Å². The molecule has 0 aromatic rings. The van der Waals surface area contributed by atoms with Gasteiger partial charge in [-0.25, -0.2) is 0 Å². The molecule has 0 aromatic carbocycles. The molecule has 0 bridgehead atoms. The standard InChI is InChI=1S/C80H153NO5/c1-3-5-7-9-11-13-15-17-19-20-21-22-32-35-38-41-45-48-52-56-60-64-68-72-78(83)77(76-82)81-79(84)73-69-65-61-57-53-49-46-42-39-36-33-30-28-26-24-23-25-27-29-31-34-37-40-43-47-51-55-59-63-67-71-75-86-80(85)74-70-66-62-58-54-50-44-18-16-14-12-10-8-6-4-2/h18,25,27,31,34,44,77-78,82-83H,3-17,19-24,26,28-30,32-33,35-43,45-76H2,1-2H3,(H,81,84)/b27-25-,34-31-,44-18-. The van der Waals surface area contributed by atoms with E-state index in [2.05, 4.69) is 55.6 Å². The molecule has 0 aromatic heterocycles. The van der Waals surface area contributed by atoms with Gasteiger partial charge < -0.3 is 20.3 Å². The van der Waals surface area contributed by atoms with Gasteiger partial charge in [0, 0.05) is 12.8 Å². The Labute approximate surface area is 538 Å². The second-order valence-electron chi connectivity index (χ2n) is 27.0. The Hall–Kier alpha value is -1.92. The molecule has 508 valence electrons. The SMILES string of the molecule is CCCCCCCC/C=C\CCCCCCCC(=O)OCCCCCCCCCCC/C=C\C/C=C\CCCCCCCCCCCCCCCCCC(=O)NC(CO)C(O)CCCCCCCCCCCCCCCCCCCCCCCCC. The van der Waals surface area contributed by atoms with E-state index in [9.17, 15) is 19.8 Å². The van der Waals surface area contributed by atoms with E-state index in [1.807, 2.05) is 0 Å². The number of carbonyl (C=O) groups excluding carboxylic acids is 2. The van der Waals surface area contributed by atoms with Crippen molar-refractivity contribution in [2.24, 2.45) is 0 Å². The summed E-state index contributed by atoms with van der Waals surface area (Å²) >= 11 is 0. The summed E-state index contributed by atoms with van der Waals surface area (Å²) in [5.41, 5.74) is 0. The quantitative estimate of drug-likeness (QED) is 0.0320. The van der Waals surface area contributed by atoms with Gasteiger partial charge in [0.05, 0.1) is 25.4 Å². The third-order valence-corrected chi connectivity index (χ3v) is 18.4. The number of allylic oxidation sites excluding steroid dienone is 6. The monoisotopic (exact) mass is 1210 g/mol. The summed E-state index contributed by atoms with van der Waals surface area (Å²) in [5.74, 6) is -0.0233. The van der Waals surface area contributed by atoms with E-state index < -0.39 is 12.1 Å². The lowest BCUT2D eigenvalue weighted by Gasteiger charge is -2.22. The molecule has 0 fully saturated rings. The number of carbonyl (C=O) groups is 2. The minimum absolute atomic E-state index is 0.00600. The maximum Gasteiger partial charge on any atom is 0.305 e. The van der Waals surface area contributed by atoms with Gasteiger partial charge in [0.1, 0.15) is 0 Å². The molecule has 0 aliphatic carbocycles. The highest BCUT2D eigenvalue weighted by molar-refractivity contribution is 5.76. The van der Waals surface area contributed by atoms with Crippen LogP contribution in [0.15, 0.2) is 36.5 Å². The third-order valence-electron chi connectivity index (χ3n) is 18.4. The first kappa shape index (κ1) is 84.1. The first-order valence-electron chi connectivity index (χ1n) is 39.2. The van der Waals surface area contributed by atoms with Crippen molar-refractivity contribution in [2.75, 3.05) is 13.2 Å². The summed E-state index contributed by atoms with van der Waals surface area (Å²) in [7, 11) is 0. The molecule has 0 radical (unpaired) electrons. The van der Waals surface area contributed by atoms with E-state index in [4.69, 9.17) is 4.74 Å². The number of amides is 1. The predicted molar refractivity (Wildman–Crippen MR) is 379 cm³/mol. The van der Waals surface area contributed by atoms with Crippen molar-refractivity contribution in [3.05, 3.63) is 36.5 Å². The van der Waals surface area contributed by atoms with Crippen LogP contribution in [0.2, 0.25) is 0 Å². The molecular formula is C80H153NO5. The van der Waals surface area contributed by atoms with Crippen molar-refractivity contribution in [1.29, 1.82) is 0 Å². The van der Waals surface area contributed by atoms with Crippen LogP contribution in [0, 0.1) is 0 Å². The van der Waals surface area contributed by atoms with E-state index in [1.165, 1.54) is 353 Å². The Morgan fingerprint density at radius 3 is 0.895 bits per heavy atom.